The second-order valence-electron chi connectivity index (χ2n) is 4.60. The monoisotopic (exact) mass is 389 g/mol. The van der Waals surface area contributed by atoms with Gasteiger partial charge in [0.25, 0.3) is 0 Å². The minimum Gasteiger partial charge on any atom is -0.0622 e. The van der Waals surface area contributed by atoms with Gasteiger partial charge < -0.3 is 0 Å². The molecule has 0 saturated heterocycles. The highest BCUT2D eigenvalue weighted by molar-refractivity contribution is 14.2. The molecule has 3 aromatic rings. The van der Waals surface area contributed by atoms with Crippen molar-refractivity contribution >= 4 is 42.9 Å². The third-order valence-corrected chi connectivity index (χ3v) is 11.4. The molecule has 0 nitrogen and oxygen atoms in total. The summed E-state index contributed by atoms with van der Waals surface area (Å²) in [6.45, 7) is 0. The molecule has 0 aromatic heterocycles. The molecule has 0 fully saturated rings. The van der Waals surface area contributed by atoms with Crippen molar-refractivity contribution in [1.82, 2.24) is 0 Å². The first-order chi connectivity index (χ1) is 9.82. The van der Waals surface area contributed by atoms with Crippen molar-refractivity contribution in [2.45, 2.75) is 0 Å². The highest BCUT2D eigenvalue weighted by Crippen LogP contribution is 2.63. The first-order valence-electron chi connectivity index (χ1n) is 6.57. The number of hydrogen-bond acceptors (Lipinski definition) is 0. The molecule has 0 aliphatic heterocycles. The second-order valence-corrected chi connectivity index (χ2v) is 11.7. The third-order valence-electron chi connectivity index (χ3n) is 3.34. The molecule has 20 heavy (non-hydrogen) atoms. The fourth-order valence-corrected chi connectivity index (χ4v) is 7.89. The lowest BCUT2D eigenvalue weighted by atomic mass is 10.4. The molecule has 0 N–H and O–H groups in total. The maximum absolute atomic E-state index is 2.68. The predicted molar refractivity (Wildman–Crippen MR) is 99.2 cm³/mol. The van der Waals surface area contributed by atoms with E-state index in [-0.39, 0.29) is 0 Å². The second kappa shape index (κ2) is 6.07. The molecular formula is C18H15IP. The maximum Gasteiger partial charge on any atom is 0.0142 e. The molecule has 3 aromatic carbocycles. The van der Waals surface area contributed by atoms with Gasteiger partial charge in [-0.25, -0.2) is 0 Å². The summed E-state index contributed by atoms with van der Waals surface area (Å²) < 4.78 is 0. The SMILES string of the molecule is I[P](c1ccccc1)(c1ccccc1)c1ccccc1. The number of benzene rings is 3. The predicted octanol–water partition coefficient (Wildman–Crippen LogP) is 4.33. The van der Waals surface area contributed by atoms with Crippen LogP contribution in [0.2, 0.25) is 0 Å². The lowest BCUT2D eigenvalue weighted by Crippen LogP contribution is -2.26. The Labute approximate surface area is 133 Å². The van der Waals surface area contributed by atoms with Crippen LogP contribution < -0.4 is 15.9 Å². The van der Waals surface area contributed by atoms with Gasteiger partial charge in [-0.05, 0) is 38.0 Å². The van der Waals surface area contributed by atoms with Gasteiger partial charge in [0.1, 0.15) is 0 Å². The fraction of sp³-hybridized carbons (Fsp3) is 0. The molecule has 3 rings (SSSR count). The molecule has 2 heteroatoms. The van der Waals surface area contributed by atoms with E-state index in [2.05, 4.69) is 113 Å². The first kappa shape index (κ1) is 13.8. The van der Waals surface area contributed by atoms with Crippen LogP contribution in [-0.2, 0) is 0 Å². The molecule has 0 aliphatic rings. The van der Waals surface area contributed by atoms with Gasteiger partial charge in [0.15, 0.2) is 0 Å². The van der Waals surface area contributed by atoms with Crippen molar-refractivity contribution in [1.29, 1.82) is 0 Å². The molecule has 0 spiro atoms. The van der Waals surface area contributed by atoms with E-state index >= 15 is 0 Å². The highest BCUT2D eigenvalue weighted by atomic mass is 127. The van der Waals surface area contributed by atoms with Gasteiger partial charge in [0, 0.05) is 4.90 Å². The topological polar surface area (TPSA) is 0 Å². The molecule has 99 valence electrons. The smallest absolute Gasteiger partial charge is 0.0142 e. The lowest BCUT2D eigenvalue weighted by molar-refractivity contribution is 1.73. The van der Waals surface area contributed by atoms with E-state index in [1.54, 1.807) is 0 Å². The maximum atomic E-state index is 2.68. The zero-order chi connectivity index (χ0) is 13.8. The molecule has 0 saturated carbocycles. The summed E-state index contributed by atoms with van der Waals surface area (Å²) in [5.74, 6) is 0. The Morgan fingerprint density at radius 3 is 0.950 bits per heavy atom. The van der Waals surface area contributed by atoms with Crippen LogP contribution in [0.1, 0.15) is 0 Å². The van der Waals surface area contributed by atoms with Gasteiger partial charge in [-0.1, -0.05) is 91.0 Å². The van der Waals surface area contributed by atoms with Gasteiger partial charge in [-0.15, -0.1) is 0 Å². The quantitative estimate of drug-likeness (QED) is 0.462. The zero-order valence-corrected chi connectivity index (χ0v) is 14.0. The van der Waals surface area contributed by atoms with E-state index in [0.29, 0.717) is 0 Å². The fourth-order valence-electron chi connectivity index (χ4n) is 2.35. The summed E-state index contributed by atoms with van der Waals surface area (Å²) in [7, 11) is 0. The summed E-state index contributed by atoms with van der Waals surface area (Å²) in [4.78, 5) is -1.56. The molecule has 0 unspecified atom stereocenters. The number of halogens is 1. The van der Waals surface area contributed by atoms with Crippen LogP contribution in [0, 0.1) is 0 Å². The van der Waals surface area contributed by atoms with E-state index in [4.69, 9.17) is 0 Å². The van der Waals surface area contributed by atoms with Gasteiger partial charge in [-0.3, -0.25) is 0 Å². The van der Waals surface area contributed by atoms with Crippen LogP contribution in [0.25, 0.3) is 0 Å². The van der Waals surface area contributed by atoms with Gasteiger partial charge in [-0.2, -0.15) is 0 Å². The normalized spacial score (nSPS) is 11.2. The lowest BCUT2D eigenvalue weighted by Gasteiger charge is -2.31. The average molecular weight is 389 g/mol. The van der Waals surface area contributed by atoms with E-state index in [1.807, 2.05) is 0 Å². The summed E-state index contributed by atoms with van der Waals surface area (Å²) in [5.41, 5.74) is 0. The summed E-state index contributed by atoms with van der Waals surface area (Å²) >= 11 is 2.68. The van der Waals surface area contributed by atoms with Crippen LogP contribution in [0.5, 0.6) is 0 Å². The average Bonchev–Trinajstić information content (AvgIpc) is 2.56. The molecule has 0 atom stereocenters. The first-order valence-corrected chi connectivity index (χ1v) is 11.1. The van der Waals surface area contributed by atoms with Crippen molar-refractivity contribution < 1.29 is 0 Å². The van der Waals surface area contributed by atoms with Crippen LogP contribution in [-0.4, -0.2) is 0 Å². The Kier molecular flexibility index (Phi) is 4.18. The Morgan fingerprint density at radius 2 is 0.700 bits per heavy atom. The number of rotatable bonds is 3. The molecule has 0 aliphatic carbocycles. The van der Waals surface area contributed by atoms with Crippen LogP contribution in [0.4, 0.5) is 0 Å². The molecule has 0 bridgehead atoms. The zero-order valence-electron chi connectivity index (χ0n) is 11.0. The van der Waals surface area contributed by atoms with Crippen LogP contribution >= 0.6 is 26.9 Å². The molecule has 0 heterocycles. The Balaban J connectivity index is 2.24. The van der Waals surface area contributed by atoms with Crippen LogP contribution in [0.15, 0.2) is 91.0 Å². The standard InChI is InChI=1S/C18H15IP/c19-20(16-10-4-1-5-11-16,17-12-6-2-7-13-17)18-14-8-3-9-15-18/h1-15H. The van der Waals surface area contributed by atoms with Crippen molar-refractivity contribution in [2.24, 2.45) is 0 Å². The highest BCUT2D eigenvalue weighted by Gasteiger charge is 2.30. The third kappa shape index (κ3) is 2.53. The van der Waals surface area contributed by atoms with Gasteiger partial charge in [0.2, 0.25) is 0 Å². The van der Waals surface area contributed by atoms with Crippen molar-refractivity contribution in [2.75, 3.05) is 0 Å². The van der Waals surface area contributed by atoms with Crippen molar-refractivity contribution in [3.8, 4) is 0 Å². The Morgan fingerprint density at radius 1 is 0.450 bits per heavy atom. The summed E-state index contributed by atoms with van der Waals surface area (Å²) in [5, 5.41) is 4.24. The molecular weight excluding hydrogens is 374 g/mol. The Bertz CT molecular complexity index is 569. The minimum absolute atomic E-state index is 1.41. The van der Waals surface area contributed by atoms with Gasteiger partial charge >= 0.3 is 0 Å². The molecule has 0 amide bonds. The van der Waals surface area contributed by atoms with Crippen molar-refractivity contribution in [3.05, 3.63) is 91.0 Å². The summed E-state index contributed by atoms with van der Waals surface area (Å²) in [6, 6.07) is 32.6. The summed E-state index contributed by atoms with van der Waals surface area (Å²) in [6.07, 6.45) is 0. The van der Waals surface area contributed by atoms with E-state index < -0.39 is 4.90 Å². The van der Waals surface area contributed by atoms with Crippen molar-refractivity contribution in [3.63, 3.8) is 0 Å². The largest absolute Gasteiger partial charge is 0.0622 e. The van der Waals surface area contributed by atoms with E-state index in [9.17, 15) is 0 Å². The van der Waals surface area contributed by atoms with E-state index in [1.165, 1.54) is 15.9 Å². The van der Waals surface area contributed by atoms with Gasteiger partial charge in [0.05, 0.1) is 0 Å². The number of hydrogen-bond donors (Lipinski definition) is 0. The van der Waals surface area contributed by atoms with E-state index in [0.717, 1.165) is 0 Å². The molecule has 1 radical (unpaired) electrons. The minimum atomic E-state index is -1.56. The Hall–Kier alpha value is -1.18. The van der Waals surface area contributed by atoms with Crippen LogP contribution in [0.3, 0.4) is 0 Å².